The van der Waals surface area contributed by atoms with Crippen molar-refractivity contribution in [2.24, 2.45) is 5.92 Å². The average molecular weight is 383 g/mol. The summed E-state index contributed by atoms with van der Waals surface area (Å²) in [4.78, 5) is 19.4. The summed E-state index contributed by atoms with van der Waals surface area (Å²) >= 11 is 0. The maximum atomic E-state index is 14.2. The average Bonchev–Trinajstić information content (AvgIpc) is 3.43. The Balaban J connectivity index is 1.68. The van der Waals surface area contributed by atoms with E-state index in [1.165, 1.54) is 6.07 Å². The number of aryl methyl sites for hydroxylation is 1. The van der Waals surface area contributed by atoms with E-state index in [2.05, 4.69) is 11.5 Å². The second-order valence-corrected chi connectivity index (χ2v) is 7.42. The number of carbonyl (C=O) groups is 1. The molecular formula is C22H23F2N3O. The van der Waals surface area contributed by atoms with E-state index in [4.69, 9.17) is 4.98 Å². The largest absolute Gasteiger partial charge is 0.331 e. The highest BCUT2D eigenvalue weighted by Crippen LogP contribution is 2.31. The molecule has 1 aliphatic carbocycles. The number of hydrogen-bond acceptors (Lipinski definition) is 2. The lowest BCUT2D eigenvalue weighted by molar-refractivity contribution is 0.0724. The van der Waals surface area contributed by atoms with Gasteiger partial charge in [-0.15, -0.1) is 0 Å². The Morgan fingerprint density at radius 3 is 2.71 bits per heavy atom. The molecule has 3 aromatic rings. The molecule has 0 radical (unpaired) electrons. The Bertz CT molecular complexity index is 1010. The normalized spacial score (nSPS) is 13.8. The molecule has 0 N–H and O–H groups in total. The molecular weight excluding hydrogens is 360 g/mol. The van der Waals surface area contributed by atoms with Gasteiger partial charge < -0.3 is 9.47 Å². The van der Waals surface area contributed by atoms with Gasteiger partial charge in [-0.3, -0.25) is 4.79 Å². The number of hydrogen-bond donors (Lipinski definition) is 0. The number of para-hydroxylation sites is 2. The van der Waals surface area contributed by atoms with Gasteiger partial charge in [0.05, 0.1) is 23.1 Å². The molecule has 0 saturated heterocycles. The zero-order valence-electron chi connectivity index (χ0n) is 15.9. The molecule has 0 atom stereocenters. The first-order chi connectivity index (χ1) is 13.6. The van der Waals surface area contributed by atoms with Crippen molar-refractivity contribution in [2.45, 2.75) is 39.3 Å². The molecule has 6 heteroatoms. The summed E-state index contributed by atoms with van der Waals surface area (Å²) in [5.41, 5.74) is 1.82. The van der Waals surface area contributed by atoms with Crippen LogP contribution in [0.2, 0.25) is 0 Å². The molecule has 1 saturated carbocycles. The topological polar surface area (TPSA) is 38.1 Å². The van der Waals surface area contributed by atoms with E-state index in [0.29, 0.717) is 19.0 Å². The molecule has 4 rings (SSSR count). The molecule has 1 amide bonds. The fourth-order valence-corrected chi connectivity index (χ4v) is 3.55. The minimum Gasteiger partial charge on any atom is -0.331 e. The van der Waals surface area contributed by atoms with Gasteiger partial charge in [-0.25, -0.2) is 13.8 Å². The molecule has 28 heavy (non-hydrogen) atoms. The molecule has 1 aliphatic rings. The van der Waals surface area contributed by atoms with Gasteiger partial charge in [0, 0.05) is 19.2 Å². The number of nitrogens with zero attached hydrogens (tertiary/aromatic N) is 3. The summed E-state index contributed by atoms with van der Waals surface area (Å²) in [5.74, 6) is -0.698. The third kappa shape index (κ3) is 3.77. The van der Waals surface area contributed by atoms with Crippen molar-refractivity contribution in [3.63, 3.8) is 0 Å². The highest BCUT2D eigenvalue weighted by atomic mass is 19.1. The Morgan fingerprint density at radius 1 is 1.21 bits per heavy atom. The summed E-state index contributed by atoms with van der Waals surface area (Å²) in [6, 6.07) is 11.0. The van der Waals surface area contributed by atoms with Crippen LogP contribution in [0, 0.1) is 17.6 Å². The van der Waals surface area contributed by atoms with Gasteiger partial charge in [-0.2, -0.15) is 0 Å². The first-order valence-corrected chi connectivity index (χ1v) is 9.75. The number of rotatable bonds is 7. The highest BCUT2D eigenvalue weighted by molar-refractivity contribution is 5.94. The Kier molecular flexibility index (Phi) is 5.11. The predicted molar refractivity (Wildman–Crippen MR) is 104 cm³/mol. The van der Waals surface area contributed by atoms with Gasteiger partial charge in [0.15, 0.2) is 0 Å². The monoisotopic (exact) mass is 383 g/mol. The Hall–Kier alpha value is -2.76. The van der Waals surface area contributed by atoms with E-state index in [-0.39, 0.29) is 5.56 Å². The van der Waals surface area contributed by atoms with Crippen LogP contribution in [0.1, 0.15) is 42.4 Å². The second kappa shape index (κ2) is 7.70. The fraction of sp³-hybridized carbons (Fsp3) is 0.364. The molecule has 4 nitrogen and oxygen atoms in total. The standard InChI is InChI=1S/C22H23F2N3O/c1-2-11-27-20-6-4-3-5-19(20)25-21(27)14-26(13-15-7-8-15)22(28)17-10-9-16(23)12-18(17)24/h3-6,9-10,12,15H,2,7-8,11,13-14H2,1H3. The minimum absolute atomic E-state index is 0.0970. The maximum absolute atomic E-state index is 14.2. The van der Waals surface area contributed by atoms with Crippen LogP contribution >= 0.6 is 0 Å². The van der Waals surface area contributed by atoms with Gasteiger partial charge in [0.1, 0.15) is 17.5 Å². The van der Waals surface area contributed by atoms with E-state index >= 15 is 0 Å². The van der Waals surface area contributed by atoms with Crippen LogP contribution in [-0.4, -0.2) is 26.9 Å². The fourth-order valence-electron chi connectivity index (χ4n) is 3.55. The van der Waals surface area contributed by atoms with Crippen molar-refractivity contribution in [2.75, 3.05) is 6.54 Å². The van der Waals surface area contributed by atoms with Crippen LogP contribution in [0.25, 0.3) is 11.0 Å². The third-order valence-electron chi connectivity index (χ3n) is 5.14. The van der Waals surface area contributed by atoms with E-state index in [1.807, 2.05) is 24.3 Å². The SMILES string of the molecule is CCCn1c(CN(CC2CC2)C(=O)c2ccc(F)cc2F)nc2ccccc21. The molecule has 0 spiro atoms. The van der Waals surface area contributed by atoms with Crippen LogP contribution in [0.4, 0.5) is 8.78 Å². The van der Waals surface area contributed by atoms with Crippen LogP contribution < -0.4 is 0 Å². The van der Waals surface area contributed by atoms with Crippen molar-refractivity contribution in [1.29, 1.82) is 0 Å². The molecule has 0 bridgehead atoms. The minimum atomic E-state index is -0.826. The number of benzene rings is 2. The molecule has 0 aliphatic heterocycles. The van der Waals surface area contributed by atoms with E-state index in [0.717, 1.165) is 54.8 Å². The lowest BCUT2D eigenvalue weighted by Crippen LogP contribution is -2.34. The lowest BCUT2D eigenvalue weighted by atomic mass is 10.1. The van der Waals surface area contributed by atoms with Gasteiger partial charge in [-0.1, -0.05) is 19.1 Å². The summed E-state index contributed by atoms with van der Waals surface area (Å²) in [6.45, 7) is 3.76. The van der Waals surface area contributed by atoms with Crippen molar-refractivity contribution >= 4 is 16.9 Å². The highest BCUT2D eigenvalue weighted by Gasteiger charge is 2.29. The third-order valence-corrected chi connectivity index (χ3v) is 5.14. The van der Waals surface area contributed by atoms with E-state index < -0.39 is 17.5 Å². The molecule has 0 unspecified atom stereocenters. The van der Waals surface area contributed by atoms with E-state index in [1.54, 1.807) is 4.90 Å². The van der Waals surface area contributed by atoms with Crippen molar-refractivity contribution in [3.8, 4) is 0 Å². The number of imidazole rings is 1. The first-order valence-electron chi connectivity index (χ1n) is 9.75. The van der Waals surface area contributed by atoms with Crippen LogP contribution in [0.15, 0.2) is 42.5 Å². The Labute approximate surface area is 162 Å². The summed E-state index contributed by atoms with van der Waals surface area (Å²) < 4.78 is 29.6. The zero-order valence-corrected chi connectivity index (χ0v) is 15.9. The van der Waals surface area contributed by atoms with Crippen LogP contribution in [0.3, 0.4) is 0 Å². The maximum Gasteiger partial charge on any atom is 0.257 e. The molecule has 2 aromatic carbocycles. The molecule has 1 fully saturated rings. The van der Waals surface area contributed by atoms with E-state index in [9.17, 15) is 13.6 Å². The Morgan fingerprint density at radius 2 is 2.00 bits per heavy atom. The smallest absolute Gasteiger partial charge is 0.257 e. The quantitative estimate of drug-likeness (QED) is 0.589. The molecule has 146 valence electrons. The number of halogens is 2. The first kappa shape index (κ1) is 18.6. The predicted octanol–water partition coefficient (Wildman–Crippen LogP) is 4.78. The van der Waals surface area contributed by atoms with Crippen LogP contribution in [-0.2, 0) is 13.1 Å². The van der Waals surface area contributed by atoms with Crippen molar-refractivity contribution < 1.29 is 13.6 Å². The van der Waals surface area contributed by atoms with Gasteiger partial charge in [0.25, 0.3) is 5.91 Å². The van der Waals surface area contributed by atoms with Gasteiger partial charge in [0.2, 0.25) is 0 Å². The summed E-state index contributed by atoms with van der Waals surface area (Å²) in [6.07, 6.45) is 3.08. The van der Waals surface area contributed by atoms with Crippen molar-refractivity contribution in [3.05, 3.63) is 65.5 Å². The number of amides is 1. The van der Waals surface area contributed by atoms with Gasteiger partial charge in [-0.05, 0) is 49.4 Å². The van der Waals surface area contributed by atoms with Crippen molar-refractivity contribution in [1.82, 2.24) is 14.5 Å². The lowest BCUT2D eigenvalue weighted by Gasteiger charge is -2.23. The zero-order chi connectivity index (χ0) is 19.7. The number of fused-ring (bicyclic) bond motifs is 1. The summed E-state index contributed by atoms with van der Waals surface area (Å²) in [5, 5.41) is 0. The number of carbonyl (C=O) groups excluding carboxylic acids is 1. The second-order valence-electron chi connectivity index (χ2n) is 7.42. The van der Waals surface area contributed by atoms with Gasteiger partial charge >= 0.3 is 0 Å². The summed E-state index contributed by atoms with van der Waals surface area (Å²) in [7, 11) is 0. The van der Waals surface area contributed by atoms with Crippen LogP contribution in [0.5, 0.6) is 0 Å². The number of aromatic nitrogens is 2. The molecule has 1 aromatic heterocycles. The molecule has 1 heterocycles.